The summed E-state index contributed by atoms with van der Waals surface area (Å²) in [6, 6.07) is 8.98. The quantitative estimate of drug-likeness (QED) is 0.625. The first-order valence-corrected chi connectivity index (χ1v) is 5.89. The van der Waals surface area contributed by atoms with E-state index in [1.807, 2.05) is 6.07 Å². The Hall–Kier alpha value is -1.39. The summed E-state index contributed by atoms with van der Waals surface area (Å²) in [5.74, 6) is -0.976. The number of hydrogen-bond donors (Lipinski definition) is 3. The van der Waals surface area contributed by atoms with Crippen molar-refractivity contribution in [2.24, 2.45) is 11.5 Å². The highest BCUT2D eigenvalue weighted by Gasteiger charge is 2.34. The maximum atomic E-state index is 11.3. The van der Waals surface area contributed by atoms with Crippen LogP contribution in [0.15, 0.2) is 30.3 Å². The highest BCUT2D eigenvalue weighted by Crippen LogP contribution is 2.25. The lowest BCUT2D eigenvalue weighted by molar-refractivity contribution is -0.144. The molecule has 0 saturated carbocycles. The van der Waals surface area contributed by atoms with Crippen LogP contribution in [0.2, 0.25) is 0 Å². The summed E-state index contributed by atoms with van der Waals surface area (Å²) in [6.45, 7) is 0.635. The second kappa shape index (κ2) is 6.37. The topological polar surface area (TPSA) is 89.3 Å². The average molecular weight is 236 g/mol. The van der Waals surface area contributed by atoms with Gasteiger partial charge in [0.25, 0.3) is 0 Å². The third-order valence-corrected chi connectivity index (χ3v) is 2.95. The van der Waals surface area contributed by atoms with Gasteiger partial charge in [-0.15, -0.1) is 0 Å². The third kappa shape index (κ3) is 3.54. The van der Waals surface area contributed by atoms with Gasteiger partial charge in [0.1, 0.15) is 5.54 Å². The van der Waals surface area contributed by atoms with Gasteiger partial charge >= 0.3 is 5.97 Å². The van der Waals surface area contributed by atoms with Crippen molar-refractivity contribution >= 4 is 5.97 Å². The Bertz CT molecular complexity index is 354. The minimum absolute atomic E-state index is 0.437. The van der Waals surface area contributed by atoms with Crippen LogP contribution in [0, 0.1) is 0 Å². The lowest BCUT2D eigenvalue weighted by Gasteiger charge is -2.25. The number of hydrogen-bond acceptors (Lipinski definition) is 3. The van der Waals surface area contributed by atoms with Gasteiger partial charge in [-0.3, -0.25) is 0 Å². The molecule has 0 aliphatic carbocycles. The molecule has 1 aromatic carbocycles. The van der Waals surface area contributed by atoms with Crippen molar-refractivity contribution in [1.29, 1.82) is 0 Å². The molecular formula is C13H20N2O2. The number of aliphatic carboxylic acids is 1. The fourth-order valence-electron chi connectivity index (χ4n) is 1.84. The molecule has 4 nitrogen and oxygen atoms in total. The number of unbranched alkanes of at least 4 members (excludes halogenated alkanes) is 2. The van der Waals surface area contributed by atoms with Crippen molar-refractivity contribution in [2.75, 3.05) is 6.54 Å². The van der Waals surface area contributed by atoms with Crippen molar-refractivity contribution < 1.29 is 9.90 Å². The summed E-state index contributed by atoms with van der Waals surface area (Å²) in [5.41, 5.74) is 10.8. The fraction of sp³-hybridized carbons (Fsp3) is 0.462. The van der Waals surface area contributed by atoms with Gasteiger partial charge in [0.2, 0.25) is 0 Å². The van der Waals surface area contributed by atoms with Gasteiger partial charge < -0.3 is 16.6 Å². The Morgan fingerprint density at radius 1 is 1.18 bits per heavy atom. The van der Waals surface area contributed by atoms with E-state index in [9.17, 15) is 9.90 Å². The van der Waals surface area contributed by atoms with Crippen molar-refractivity contribution in [3.63, 3.8) is 0 Å². The van der Waals surface area contributed by atoms with E-state index in [-0.39, 0.29) is 0 Å². The van der Waals surface area contributed by atoms with Crippen LogP contribution in [-0.4, -0.2) is 17.6 Å². The van der Waals surface area contributed by atoms with E-state index in [0.29, 0.717) is 18.5 Å². The molecule has 1 rings (SSSR count). The molecule has 0 fully saturated rings. The van der Waals surface area contributed by atoms with Crippen LogP contribution < -0.4 is 11.5 Å². The molecule has 5 N–H and O–H groups in total. The number of carboxylic acids is 1. The summed E-state index contributed by atoms with van der Waals surface area (Å²) in [7, 11) is 0. The molecule has 1 unspecified atom stereocenters. The predicted octanol–water partition coefficient (Wildman–Crippen LogP) is 1.44. The Kier molecular flexibility index (Phi) is 5.12. The molecule has 0 aliphatic heterocycles. The second-order valence-electron chi connectivity index (χ2n) is 4.24. The van der Waals surface area contributed by atoms with Gasteiger partial charge in [-0.05, 0) is 24.9 Å². The number of benzene rings is 1. The Labute approximate surface area is 102 Å². The molecule has 0 heterocycles. The third-order valence-electron chi connectivity index (χ3n) is 2.95. The van der Waals surface area contributed by atoms with E-state index in [1.54, 1.807) is 24.3 Å². The van der Waals surface area contributed by atoms with Gasteiger partial charge in [-0.2, -0.15) is 0 Å². The second-order valence-corrected chi connectivity index (χ2v) is 4.24. The first kappa shape index (κ1) is 13.7. The summed E-state index contributed by atoms with van der Waals surface area (Å²) in [6.07, 6.45) is 3.03. The van der Waals surface area contributed by atoms with Gasteiger partial charge in [0, 0.05) is 0 Å². The monoisotopic (exact) mass is 236 g/mol. The van der Waals surface area contributed by atoms with Crippen LogP contribution in [0.25, 0.3) is 0 Å². The number of nitrogens with two attached hydrogens (primary N) is 2. The highest BCUT2D eigenvalue weighted by molar-refractivity contribution is 5.80. The Balaban J connectivity index is 2.73. The molecule has 94 valence electrons. The summed E-state index contributed by atoms with van der Waals surface area (Å²) in [5, 5.41) is 9.29. The van der Waals surface area contributed by atoms with Crippen molar-refractivity contribution in [3.05, 3.63) is 35.9 Å². The molecule has 0 radical (unpaired) electrons. The smallest absolute Gasteiger partial charge is 0.328 e. The average Bonchev–Trinajstić information content (AvgIpc) is 2.35. The van der Waals surface area contributed by atoms with Crippen LogP contribution in [0.4, 0.5) is 0 Å². The number of carbonyl (C=O) groups is 1. The molecule has 1 aromatic rings. The molecule has 0 aromatic heterocycles. The van der Waals surface area contributed by atoms with E-state index in [2.05, 4.69) is 0 Å². The lowest BCUT2D eigenvalue weighted by Crippen LogP contribution is -2.44. The van der Waals surface area contributed by atoms with E-state index in [0.717, 1.165) is 19.3 Å². The number of carboxylic acid groups (broad SMARTS) is 1. The molecule has 17 heavy (non-hydrogen) atoms. The molecule has 0 amide bonds. The van der Waals surface area contributed by atoms with Crippen molar-refractivity contribution in [1.82, 2.24) is 0 Å². The summed E-state index contributed by atoms with van der Waals surface area (Å²) in [4.78, 5) is 11.3. The van der Waals surface area contributed by atoms with Gasteiger partial charge in [-0.1, -0.05) is 43.2 Å². The van der Waals surface area contributed by atoms with Crippen LogP contribution in [-0.2, 0) is 10.3 Å². The lowest BCUT2D eigenvalue weighted by atomic mass is 9.86. The van der Waals surface area contributed by atoms with E-state index in [1.165, 1.54) is 0 Å². The highest BCUT2D eigenvalue weighted by atomic mass is 16.4. The van der Waals surface area contributed by atoms with Crippen LogP contribution >= 0.6 is 0 Å². The van der Waals surface area contributed by atoms with Gasteiger partial charge in [0.05, 0.1) is 0 Å². The molecule has 4 heteroatoms. The Morgan fingerprint density at radius 2 is 1.82 bits per heavy atom. The first-order chi connectivity index (χ1) is 8.11. The van der Waals surface area contributed by atoms with Crippen LogP contribution in [0.5, 0.6) is 0 Å². The SMILES string of the molecule is NCCCCCC(N)(C(=O)O)c1ccccc1. The molecule has 0 aliphatic rings. The molecular weight excluding hydrogens is 216 g/mol. The van der Waals surface area contributed by atoms with Gasteiger partial charge in [0.15, 0.2) is 0 Å². The molecule has 1 atom stereocenters. The zero-order valence-corrected chi connectivity index (χ0v) is 9.93. The van der Waals surface area contributed by atoms with Crippen LogP contribution in [0.1, 0.15) is 31.2 Å². The Morgan fingerprint density at radius 3 is 2.35 bits per heavy atom. The number of rotatable bonds is 7. The minimum Gasteiger partial charge on any atom is -0.480 e. The van der Waals surface area contributed by atoms with Gasteiger partial charge in [-0.25, -0.2) is 4.79 Å². The van der Waals surface area contributed by atoms with Crippen molar-refractivity contribution in [3.8, 4) is 0 Å². The maximum absolute atomic E-state index is 11.3. The summed E-state index contributed by atoms with van der Waals surface area (Å²) >= 11 is 0. The zero-order chi connectivity index (χ0) is 12.7. The normalized spacial score (nSPS) is 14.2. The van der Waals surface area contributed by atoms with Crippen molar-refractivity contribution in [2.45, 2.75) is 31.2 Å². The first-order valence-electron chi connectivity index (χ1n) is 5.89. The zero-order valence-electron chi connectivity index (χ0n) is 9.93. The fourth-order valence-corrected chi connectivity index (χ4v) is 1.84. The van der Waals surface area contributed by atoms with E-state index >= 15 is 0 Å². The largest absolute Gasteiger partial charge is 0.480 e. The predicted molar refractivity (Wildman–Crippen MR) is 67.5 cm³/mol. The summed E-state index contributed by atoms with van der Waals surface area (Å²) < 4.78 is 0. The molecule has 0 bridgehead atoms. The van der Waals surface area contributed by atoms with E-state index < -0.39 is 11.5 Å². The maximum Gasteiger partial charge on any atom is 0.328 e. The van der Waals surface area contributed by atoms with E-state index in [4.69, 9.17) is 11.5 Å². The molecule has 0 spiro atoms. The minimum atomic E-state index is -1.28. The van der Waals surface area contributed by atoms with Crippen LogP contribution in [0.3, 0.4) is 0 Å². The molecule has 0 saturated heterocycles. The standard InChI is InChI=1S/C13H20N2O2/c14-10-6-2-5-9-13(15,12(16)17)11-7-3-1-4-8-11/h1,3-4,7-8H,2,5-6,9-10,14-15H2,(H,16,17).